The van der Waals surface area contributed by atoms with E-state index in [-0.39, 0.29) is 24.1 Å². The van der Waals surface area contributed by atoms with E-state index >= 15 is 0 Å². The zero-order chi connectivity index (χ0) is 13.9. The Kier molecular flexibility index (Phi) is 4.43. The minimum absolute atomic E-state index is 0.0301. The minimum Gasteiger partial charge on any atom is -0.444 e. The van der Waals surface area contributed by atoms with E-state index < -0.39 is 5.60 Å². The minimum atomic E-state index is -0.493. The van der Waals surface area contributed by atoms with E-state index in [1.165, 1.54) is 0 Å². The fourth-order valence-electron chi connectivity index (χ4n) is 1.87. The Hall–Kier alpha value is -1.46. The van der Waals surface area contributed by atoms with Crippen molar-refractivity contribution in [3.05, 3.63) is 0 Å². The number of nitrogens with one attached hydrogen (secondary N) is 2. The molecule has 0 saturated carbocycles. The van der Waals surface area contributed by atoms with Gasteiger partial charge in [-0.25, -0.2) is 9.59 Å². The van der Waals surface area contributed by atoms with E-state index in [0.29, 0.717) is 13.1 Å². The highest BCUT2D eigenvalue weighted by Gasteiger charge is 2.35. The van der Waals surface area contributed by atoms with E-state index in [9.17, 15) is 9.59 Å². The summed E-state index contributed by atoms with van der Waals surface area (Å²) in [6.45, 7) is 8.61. The number of amides is 3. The van der Waals surface area contributed by atoms with Crippen LogP contribution in [0.25, 0.3) is 0 Å². The molecule has 1 fully saturated rings. The number of likely N-dealkylation sites (tertiary alicyclic amines) is 1. The summed E-state index contributed by atoms with van der Waals surface area (Å²) in [5, 5.41) is 5.34. The molecular weight excluding hydrogens is 234 g/mol. The predicted molar refractivity (Wildman–Crippen MR) is 68.4 cm³/mol. The highest BCUT2D eigenvalue weighted by Crippen LogP contribution is 2.19. The van der Waals surface area contributed by atoms with E-state index in [1.807, 2.05) is 27.7 Å². The third kappa shape index (κ3) is 4.09. The lowest BCUT2D eigenvalue weighted by Crippen LogP contribution is -2.44. The molecule has 0 aliphatic carbocycles. The summed E-state index contributed by atoms with van der Waals surface area (Å²) in [7, 11) is 1.57. The molecule has 0 aromatic carbocycles. The second-order valence-corrected chi connectivity index (χ2v) is 5.69. The fraction of sp³-hybridized carbons (Fsp3) is 0.833. The third-order valence-electron chi connectivity index (χ3n) is 2.81. The normalized spacial score (nSPS) is 23.7. The van der Waals surface area contributed by atoms with Crippen molar-refractivity contribution in [2.24, 2.45) is 5.92 Å². The summed E-state index contributed by atoms with van der Waals surface area (Å²) < 4.78 is 5.31. The number of carbonyl (C=O) groups is 2. The number of hydrogen-bond donors (Lipinski definition) is 2. The lowest BCUT2D eigenvalue weighted by Gasteiger charge is -2.24. The Balaban J connectivity index is 2.53. The Morgan fingerprint density at radius 3 is 2.39 bits per heavy atom. The zero-order valence-corrected chi connectivity index (χ0v) is 11.7. The van der Waals surface area contributed by atoms with Gasteiger partial charge in [0, 0.05) is 20.1 Å². The second kappa shape index (κ2) is 5.46. The maximum Gasteiger partial charge on any atom is 0.410 e. The molecule has 0 bridgehead atoms. The lowest BCUT2D eigenvalue weighted by atomic mass is 10.1. The van der Waals surface area contributed by atoms with Gasteiger partial charge in [0.15, 0.2) is 0 Å². The molecule has 2 unspecified atom stereocenters. The van der Waals surface area contributed by atoms with Gasteiger partial charge in [-0.15, -0.1) is 0 Å². The fourth-order valence-corrected chi connectivity index (χ4v) is 1.87. The smallest absolute Gasteiger partial charge is 0.410 e. The number of urea groups is 1. The van der Waals surface area contributed by atoms with Crippen LogP contribution in [0.1, 0.15) is 27.7 Å². The molecular formula is C12H23N3O3. The van der Waals surface area contributed by atoms with E-state index in [4.69, 9.17) is 4.74 Å². The van der Waals surface area contributed by atoms with E-state index in [2.05, 4.69) is 10.6 Å². The van der Waals surface area contributed by atoms with Crippen molar-refractivity contribution in [1.82, 2.24) is 15.5 Å². The first-order valence-electron chi connectivity index (χ1n) is 6.19. The molecule has 1 aliphatic rings. The summed E-state index contributed by atoms with van der Waals surface area (Å²) in [4.78, 5) is 24.8. The number of rotatable bonds is 1. The van der Waals surface area contributed by atoms with Crippen LogP contribution in [0.2, 0.25) is 0 Å². The van der Waals surface area contributed by atoms with Crippen molar-refractivity contribution < 1.29 is 14.3 Å². The average Bonchev–Trinajstić information content (AvgIpc) is 2.58. The summed E-state index contributed by atoms with van der Waals surface area (Å²) in [6.07, 6.45) is -0.324. The van der Waals surface area contributed by atoms with Gasteiger partial charge in [-0.1, -0.05) is 6.92 Å². The van der Waals surface area contributed by atoms with Crippen molar-refractivity contribution in [2.75, 3.05) is 20.1 Å². The molecule has 6 heteroatoms. The van der Waals surface area contributed by atoms with Crippen LogP contribution in [0.4, 0.5) is 9.59 Å². The van der Waals surface area contributed by atoms with Gasteiger partial charge in [0.1, 0.15) is 5.60 Å². The van der Waals surface area contributed by atoms with Crippen LogP contribution in [0, 0.1) is 5.92 Å². The summed E-state index contributed by atoms with van der Waals surface area (Å²) in [6, 6.07) is -0.254. The van der Waals surface area contributed by atoms with Crippen molar-refractivity contribution in [2.45, 2.75) is 39.3 Å². The maximum absolute atomic E-state index is 11.9. The highest BCUT2D eigenvalue weighted by molar-refractivity contribution is 5.74. The second-order valence-electron chi connectivity index (χ2n) is 5.69. The van der Waals surface area contributed by atoms with Crippen LogP contribution in [0.15, 0.2) is 0 Å². The summed E-state index contributed by atoms with van der Waals surface area (Å²) >= 11 is 0. The van der Waals surface area contributed by atoms with Crippen molar-refractivity contribution in [3.63, 3.8) is 0 Å². The summed E-state index contributed by atoms with van der Waals surface area (Å²) in [5.41, 5.74) is -0.493. The molecule has 1 aliphatic heterocycles. The monoisotopic (exact) mass is 257 g/mol. The number of carbonyl (C=O) groups excluding carboxylic acids is 2. The van der Waals surface area contributed by atoms with Gasteiger partial charge in [-0.2, -0.15) is 0 Å². The number of ether oxygens (including phenoxy) is 1. The molecule has 6 nitrogen and oxygen atoms in total. The Morgan fingerprint density at radius 1 is 1.28 bits per heavy atom. The van der Waals surface area contributed by atoms with Crippen molar-refractivity contribution >= 4 is 12.1 Å². The SMILES string of the molecule is CNC(=O)NC1CN(C(=O)OC(C)(C)C)CC1C. The summed E-state index contributed by atoms with van der Waals surface area (Å²) in [5.74, 6) is 0.217. The van der Waals surface area contributed by atoms with Crippen molar-refractivity contribution in [1.29, 1.82) is 0 Å². The van der Waals surface area contributed by atoms with Gasteiger partial charge in [0.05, 0.1) is 6.04 Å². The first-order valence-corrected chi connectivity index (χ1v) is 6.19. The molecule has 3 amide bonds. The van der Waals surface area contributed by atoms with Gasteiger partial charge >= 0.3 is 12.1 Å². The molecule has 1 heterocycles. The Bertz CT molecular complexity index is 325. The van der Waals surface area contributed by atoms with Gasteiger partial charge < -0.3 is 20.3 Å². The highest BCUT2D eigenvalue weighted by atomic mass is 16.6. The molecule has 104 valence electrons. The van der Waals surface area contributed by atoms with Crippen molar-refractivity contribution in [3.8, 4) is 0 Å². The molecule has 0 radical (unpaired) electrons. The van der Waals surface area contributed by atoms with E-state index in [1.54, 1.807) is 11.9 Å². The molecule has 1 saturated heterocycles. The first-order chi connectivity index (χ1) is 8.23. The van der Waals surface area contributed by atoms with Crippen LogP contribution in [0.3, 0.4) is 0 Å². The topological polar surface area (TPSA) is 70.7 Å². The van der Waals surface area contributed by atoms with Crippen LogP contribution < -0.4 is 10.6 Å². The van der Waals surface area contributed by atoms with Gasteiger partial charge in [0.25, 0.3) is 0 Å². The van der Waals surface area contributed by atoms with Crippen LogP contribution >= 0.6 is 0 Å². The largest absolute Gasteiger partial charge is 0.444 e. The van der Waals surface area contributed by atoms with Crippen LogP contribution in [-0.4, -0.2) is 48.8 Å². The molecule has 2 atom stereocenters. The lowest BCUT2D eigenvalue weighted by molar-refractivity contribution is 0.0286. The molecule has 1 rings (SSSR count). The molecule has 0 spiro atoms. The molecule has 0 aromatic heterocycles. The Labute approximate surface area is 108 Å². The quantitative estimate of drug-likeness (QED) is 0.741. The maximum atomic E-state index is 11.9. The molecule has 2 N–H and O–H groups in total. The van der Waals surface area contributed by atoms with Crippen LogP contribution in [0.5, 0.6) is 0 Å². The van der Waals surface area contributed by atoms with Crippen LogP contribution in [-0.2, 0) is 4.74 Å². The van der Waals surface area contributed by atoms with Gasteiger partial charge in [0.2, 0.25) is 0 Å². The standard InChI is InChI=1S/C12H23N3O3/c1-8-6-15(11(17)18-12(2,3)4)7-9(8)14-10(16)13-5/h8-9H,6-7H2,1-5H3,(H2,13,14,16). The molecule has 0 aromatic rings. The first kappa shape index (κ1) is 14.6. The van der Waals surface area contributed by atoms with Gasteiger partial charge in [-0.3, -0.25) is 0 Å². The molecule has 18 heavy (non-hydrogen) atoms. The average molecular weight is 257 g/mol. The predicted octanol–water partition coefficient (Wildman–Crippen LogP) is 1.17. The third-order valence-corrected chi connectivity index (χ3v) is 2.81. The Morgan fingerprint density at radius 2 is 1.89 bits per heavy atom. The van der Waals surface area contributed by atoms with Gasteiger partial charge in [-0.05, 0) is 26.7 Å². The zero-order valence-electron chi connectivity index (χ0n) is 11.7. The number of nitrogens with zero attached hydrogens (tertiary/aromatic N) is 1. The number of hydrogen-bond acceptors (Lipinski definition) is 3. The van der Waals surface area contributed by atoms with E-state index in [0.717, 1.165) is 0 Å².